The summed E-state index contributed by atoms with van der Waals surface area (Å²) in [6, 6.07) is 10.5. The average molecular weight is 327 g/mol. The molecule has 0 aliphatic carbocycles. The third kappa shape index (κ3) is 3.59. The Kier molecular flexibility index (Phi) is 4.59. The van der Waals surface area contributed by atoms with Gasteiger partial charge in [-0.1, -0.05) is 23.4 Å². The molecule has 5 nitrogen and oxygen atoms in total. The molecule has 0 unspecified atom stereocenters. The van der Waals surface area contributed by atoms with Gasteiger partial charge in [0.25, 0.3) is 0 Å². The maximum Gasteiger partial charge on any atom is 0.123 e. The van der Waals surface area contributed by atoms with Crippen molar-refractivity contribution >= 4 is 27.3 Å². The van der Waals surface area contributed by atoms with Crippen molar-refractivity contribution in [2.45, 2.75) is 4.90 Å². The molecule has 0 N–H and O–H groups in total. The molecule has 21 heavy (non-hydrogen) atoms. The van der Waals surface area contributed by atoms with Crippen LogP contribution < -0.4 is 9.47 Å². The van der Waals surface area contributed by atoms with E-state index in [1.165, 1.54) is 32.4 Å². The summed E-state index contributed by atoms with van der Waals surface area (Å²) in [5, 5.41) is 0.375. The van der Waals surface area contributed by atoms with Crippen LogP contribution in [0.2, 0.25) is 5.02 Å². The molecule has 0 fully saturated rings. The topological polar surface area (TPSA) is 66.7 Å². The van der Waals surface area contributed by atoms with Crippen LogP contribution in [-0.4, -0.2) is 22.6 Å². The lowest BCUT2D eigenvalue weighted by atomic mass is 10.3. The summed E-state index contributed by atoms with van der Waals surface area (Å²) in [4.78, 5) is 0.0605. The summed E-state index contributed by atoms with van der Waals surface area (Å²) in [6.45, 7) is 0. The van der Waals surface area contributed by atoms with Gasteiger partial charge in [0.15, 0.2) is 0 Å². The standard InChI is InChI=1S/C14H13ClNO4S/c1-19-11-4-6-12(7-5-11)21(17,18)16-13-9-10(15)3-8-14(13)20-2/h3-9H,1-2H3/q-1. The normalized spacial score (nSPS) is 11.0. The van der Waals surface area contributed by atoms with Gasteiger partial charge in [-0.3, -0.25) is 0 Å². The molecule has 0 bridgehead atoms. The predicted octanol–water partition coefficient (Wildman–Crippen LogP) is 3.75. The highest BCUT2D eigenvalue weighted by molar-refractivity contribution is 7.94. The lowest BCUT2D eigenvalue weighted by molar-refractivity contribution is 0.414. The van der Waals surface area contributed by atoms with Crippen LogP contribution in [0.15, 0.2) is 47.4 Å². The summed E-state index contributed by atoms with van der Waals surface area (Å²) >= 11 is 5.86. The number of nitrogens with zero attached hydrogens (tertiary/aromatic N) is 1. The van der Waals surface area contributed by atoms with Gasteiger partial charge in [0.2, 0.25) is 0 Å². The zero-order valence-corrected chi connectivity index (χ0v) is 13.0. The number of methoxy groups -OCH3 is 2. The van der Waals surface area contributed by atoms with Gasteiger partial charge < -0.3 is 14.2 Å². The zero-order valence-electron chi connectivity index (χ0n) is 11.4. The van der Waals surface area contributed by atoms with E-state index >= 15 is 0 Å². The Hall–Kier alpha value is -1.92. The molecule has 0 aromatic heterocycles. The van der Waals surface area contributed by atoms with Crippen LogP contribution >= 0.6 is 11.6 Å². The Morgan fingerprint density at radius 2 is 1.67 bits per heavy atom. The number of benzene rings is 2. The first-order chi connectivity index (χ1) is 9.96. The molecule has 0 saturated carbocycles. The summed E-state index contributed by atoms with van der Waals surface area (Å²) in [6.07, 6.45) is 0. The molecule has 0 heterocycles. The van der Waals surface area contributed by atoms with Crippen LogP contribution in [0.25, 0.3) is 4.72 Å². The van der Waals surface area contributed by atoms with Crippen molar-refractivity contribution < 1.29 is 17.9 Å². The second-order valence-electron chi connectivity index (χ2n) is 4.06. The quantitative estimate of drug-likeness (QED) is 0.839. The van der Waals surface area contributed by atoms with E-state index < -0.39 is 10.0 Å². The maximum atomic E-state index is 12.3. The maximum absolute atomic E-state index is 12.3. The van der Waals surface area contributed by atoms with Crippen molar-refractivity contribution in [3.05, 3.63) is 52.2 Å². The monoisotopic (exact) mass is 326 g/mol. The largest absolute Gasteiger partial charge is 0.570 e. The van der Waals surface area contributed by atoms with Crippen molar-refractivity contribution in [2.24, 2.45) is 0 Å². The summed E-state index contributed by atoms with van der Waals surface area (Å²) < 4.78 is 38.4. The zero-order chi connectivity index (χ0) is 15.5. The fourth-order valence-electron chi connectivity index (χ4n) is 1.66. The lowest BCUT2D eigenvalue weighted by Gasteiger charge is -2.24. The molecule has 0 atom stereocenters. The van der Waals surface area contributed by atoms with Crippen molar-refractivity contribution in [2.75, 3.05) is 14.2 Å². The van der Waals surface area contributed by atoms with Crippen LogP contribution in [0, 0.1) is 0 Å². The van der Waals surface area contributed by atoms with E-state index in [1.54, 1.807) is 24.3 Å². The van der Waals surface area contributed by atoms with E-state index in [0.717, 1.165) is 0 Å². The molecular weight excluding hydrogens is 314 g/mol. The van der Waals surface area contributed by atoms with E-state index in [0.29, 0.717) is 16.5 Å². The third-order valence-electron chi connectivity index (χ3n) is 2.72. The van der Waals surface area contributed by atoms with Crippen LogP contribution in [0.1, 0.15) is 0 Å². The van der Waals surface area contributed by atoms with Crippen LogP contribution in [0.5, 0.6) is 11.5 Å². The van der Waals surface area contributed by atoms with Crippen LogP contribution in [-0.2, 0) is 10.0 Å². The van der Waals surface area contributed by atoms with E-state index in [9.17, 15) is 8.42 Å². The molecule has 0 saturated heterocycles. The summed E-state index contributed by atoms with van der Waals surface area (Å²) in [5.74, 6) is 0.894. The van der Waals surface area contributed by atoms with Gasteiger partial charge in [0.05, 0.1) is 19.1 Å². The van der Waals surface area contributed by atoms with Crippen molar-refractivity contribution in [1.82, 2.24) is 0 Å². The van der Waals surface area contributed by atoms with Crippen molar-refractivity contribution in [3.8, 4) is 11.5 Å². The Morgan fingerprint density at radius 3 is 2.24 bits per heavy atom. The van der Waals surface area contributed by atoms with E-state index in [4.69, 9.17) is 21.1 Å². The minimum Gasteiger partial charge on any atom is -0.570 e. The molecule has 0 amide bonds. The molecular formula is C14H13ClNO4S-. The van der Waals surface area contributed by atoms with E-state index in [-0.39, 0.29) is 10.6 Å². The minimum atomic E-state index is -3.86. The second-order valence-corrected chi connectivity index (χ2v) is 6.10. The van der Waals surface area contributed by atoms with Crippen LogP contribution in [0.3, 0.4) is 0 Å². The van der Waals surface area contributed by atoms with Gasteiger partial charge in [0.1, 0.15) is 21.5 Å². The van der Waals surface area contributed by atoms with Gasteiger partial charge in [-0.25, -0.2) is 8.42 Å². The minimum absolute atomic E-state index is 0.0605. The van der Waals surface area contributed by atoms with Gasteiger partial charge >= 0.3 is 0 Å². The molecule has 0 aliphatic rings. The lowest BCUT2D eigenvalue weighted by Crippen LogP contribution is -1.98. The number of sulfonamides is 1. The first-order valence-corrected chi connectivity index (χ1v) is 7.73. The van der Waals surface area contributed by atoms with E-state index in [1.807, 2.05) is 0 Å². The number of hydrogen-bond donors (Lipinski definition) is 0. The molecule has 112 valence electrons. The summed E-state index contributed by atoms with van der Waals surface area (Å²) in [5.41, 5.74) is 0.154. The summed E-state index contributed by atoms with van der Waals surface area (Å²) in [7, 11) is -0.919. The molecule has 0 radical (unpaired) electrons. The number of rotatable bonds is 5. The van der Waals surface area contributed by atoms with Gasteiger partial charge in [-0.15, -0.1) is 0 Å². The smallest absolute Gasteiger partial charge is 0.123 e. The Morgan fingerprint density at radius 1 is 1.00 bits per heavy atom. The highest BCUT2D eigenvalue weighted by Crippen LogP contribution is 2.37. The first-order valence-electron chi connectivity index (χ1n) is 5.92. The fourth-order valence-corrected chi connectivity index (χ4v) is 2.82. The number of halogens is 1. The van der Waals surface area contributed by atoms with Gasteiger partial charge in [0, 0.05) is 5.02 Å². The number of ether oxygens (including phenoxy) is 2. The third-order valence-corrected chi connectivity index (χ3v) is 4.26. The van der Waals surface area contributed by atoms with Gasteiger partial charge in [-0.2, -0.15) is 0 Å². The van der Waals surface area contributed by atoms with E-state index in [2.05, 4.69) is 4.72 Å². The average Bonchev–Trinajstić information content (AvgIpc) is 2.47. The molecule has 2 rings (SSSR count). The van der Waals surface area contributed by atoms with Crippen molar-refractivity contribution in [1.29, 1.82) is 0 Å². The molecule has 2 aromatic rings. The predicted molar refractivity (Wildman–Crippen MR) is 81.2 cm³/mol. The molecule has 7 heteroatoms. The highest BCUT2D eigenvalue weighted by Gasteiger charge is 2.07. The number of hydrogen-bond acceptors (Lipinski definition) is 4. The highest BCUT2D eigenvalue weighted by atomic mass is 35.5. The van der Waals surface area contributed by atoms with Crippen LogP contribution in [0.4, 0.5) is 5.69 Å². The second kappa shape index (κ2) is 6.24. The molecule has 2 aromatic carbocycles. The molecule has 0 spiro atoms. The Bertz CT molecular complexity index is 729. The van der Waals surface area contributed by atoms with Gasteiger partial charge in [-0.05, 0) is 36.4 Å². The SMILES string of the molecule is COc1ccc(S(=O)(=O)[N-]c2cc(Cl)ccc2OC)cc1. The molecule has 0 aliphatic heterocycles. The fraction of sp³-hybridized carbons (Fsp3) is 0.143. The van der Waals surface area contributed by atoms with Crippen molar-refractivity contribution in [3.63, 3.8) is 0 Å². The Balaban J connectivity index is 2.34. The Labute approximate surface area is 128 Å². The first kappa shape index (κ1) is 15.5.